The van der Waals surface area contributed by atoms with Crippen LogP contribution in [0.3, 0.4) is 0 Å². The van der Waals surface area contributed by atoms with Gasteiger partial charge in [-0.15, -0.1) is 0 Å². The van der Waals surface area contributed by atoms with Gasteiger partial charge in [-0.2, -0.15) is 0 Å². The maximum absolute atomic E-state index is 12.6. The van der Waals surface area contributed by atoms with Gasteiger partial charge >= 0.3 is 0 Å². The number of hydrogen-bond acceptors (Lipinski definition) is 1. The van der Waals surface area contributed by atoms with Crippen molar-refractivity contribution in [1.82, 2.24) is 0 Å². The van der Waals surface area contributed by atoms with Crippen molar-refractivity contribution in [2.45, 2.75) is 45.1 Å². The molecule has 2 N–H and O–H groups in total. The lowest BCUT2D eigenvalue weighted by atomic mass is 10.1. The molecule has 0 aromatic rings. The van der Waals surface area contributed by atoms with Crippen molar-refractivity contribution in [1.29, 1.82) is 0 Å². The van der Waals surface area contributed by atoms with Crippen molar-refractivity contribution >= 4 is 0 Å². The smallest absolute Gasteiger partial charge is 0.249 e. The van der Waals surface area contributed by atoms with Crippen molar-refractivity contribution in [2.75, 3.05) is 0 Å². The quantitative estimate of drug-likeness (QED) is 0.654. The first kappa shape index (κ1) is 9.82. The zero-order valence-corrected chi connectivity index (χ0v) is 6.53. The van der Waals surface area contributed by atoms with Gasteiger partial charge in [0.05, 0.1) is 0 Å². The minimum atomic E-state index is -2.55. The van der Waals surface area contributed by atoms with Gasteiger partial charge < -0.3 is 5.73 Å². The summed E-state index contributed by atoms with van der Waals surface area (Å²) in [7, 11) is 0. The van der Waals surface area contributed by atoms with E-state index in [-0.39, 0.29) is 12.8 Å². The van der Waals surface area contributed by atoms with Crippen LogP contribution in [0.15, 0.2) is 0 Å². The van der Waals surface area contributed by atoms with Crippen LogP contribution in [-0.4, -0.2) is 12.0 Å². The highest BCUT2D eigenvalue weighted by molar-refractivity contribution is 4.70. The number of hydrogen-bond donors (Lipinski definition) is 1. The molecule has 1 atom stereocenters. The number of rotatable bonds is 4. The molecule has 0 aromatic heterocycles. The third-order valence-electron chi connectivity index (χ3n) is 1.24. The van der Waals surface area contributed by atoms with E-state index in [2.05, 4.69) is 0 Å². The minimum Gasteiger partial charge on any atom is -0.328 e. The van der Waals surface area contributed by atoms with Crippen molar-refractivity contribution in [3.05, 3.63) is 0 Å². The summed E-state index contributed by atoms with van der Waals surface area (Å²) in [5.41, 5.74) is 5.23. The Labute approximate surface area is 60.6 Å². The summed E-state index contributed by atoms with van der Waals surface area (Å²) >= 11 is 0. The average Bonchev–Trinajstić information content (AvgIpc) is 1.59. The van der Waals surface area contributed by atoms with E-state index in [1.54, 1.807) is 13.8 Å². The second kappa shape index (κ2) is 3.86. The van der Waals surface area contributed by atoms with Gasteiger partial charge in [-0.1, -0.05) is 13.3 Å². The second-order valence-electron chi connectivity index (χ2n) is 2.79. The molecule has 1 unspecified atom stereocenters. The monoisotopic (exact) mass is 151 g/mol. The number of halogens is 2. The zero-order chi connectivity index (χ0) is 8.20. The zero-order valence-electron chi connectivity index (χ0n) is 6.53. The first-order valence-electron chi connectivity index (χ1n) is 3.61. The first-order valence-corrected chi connectivity index (χ1v) is 3.61. The fourth-order valence-electron chi connectivity index (χ4n) is 0.939. The molecular weight excluding hydrogens is 136 g/mol. The molecule has 0 aliphatic rings. The van der Waals surface area contributed by atoms with Gasteiger partial charge in [-0.05, 0) is 6.92 Å². The van der Waals surface area contributed by atoms with Gasteiger partial charge in [-0.25, -0.2) is 8.78 Å². The van der Waals surface area contributed by atoms with Crippen molar-refractivity contribution in [3.63, 3.8) is 0 Å². The summed E-state index contributed by atoms with van der Waals surface area (Å²) in [6.07, 6.45) is 0.273. The van der Waals surface area contributed by atoms with Gasteiger partial charge in [-0.3, -0.25) is 0 Å². The largest absolute Gasteiger partial charge is 0.328 e. The summed E-state index contributed by atoms with van der Waals surface area (Å²) in [6.45, 7) is 3.35. The molecule has 10 heavy (non-hydrogen) atoms. The van der Waals surface area contributed by atoms with Crippen molar-refractivity contribution in [3.8, 4) is 0 Å². The normalized spacial score (nSPS) is 15.3. The molecule has 3 heteroatoms. The molecule has 0 saturated carbocycles. The van der Waals surface area contributed by atoms with Crippen molar-refractivity contribution < 1.29 is 8.78 Å². The predicted octanol–water partition coefficient (Wildman–Crippen LogP) is 2.16. The third kappa shape index (κ3) is 4.68. The Bertz CT molecular complexity index is 91.6. The Morgan fingerprint density at radius 3 is 2.30 bits per heavy atom. The van der Waals surface area contributed by atoms with Gasteiger partial charge in [0.25, 0.3) is 0 Å². The highest BCUT2D eigenvalue weighted by atomic mass is 19.3. The molecule has 0 fully saturated rings. The topological polar surface area (TPSA) is 26.0 Å². The van der Waals surface area contributed by atoms with Crippen molar-refractivity contribution in [2.24, 2.45) is 5.73 Å². The Kier molecular flexibility index (Phi) is 3.79. The third-order valence-corrected chi connectivity index (χ3v) is 1.24. The molecule has 1 nitrogen and oxygen atoms in total. The highest BCUT2D eigenvalue weighted by Gasteiger charge is 2.28. The standard InChI is InChI=1S/C7H15F2N/c1-3-4-7(8,9)5-6(2)10/h6H,3-5,10H2,1-2H3. The Hall–Kier alpha value is -0.180. The molecule has 0 aromatic carbocycles. The van der Waals surface area contributed by atoms with Gasteiger partial charge in [0, 0.05) is 18.9 Å². The van der Waals surface area contributed by atoms with E-state index in [0.717, 1.165) is 0 Å². The molecule has 0 aliphatic heterocycles. The summed E-state index contributed by atoms with van der Waals surface area (Å²) in [5.74, 6) is -2.55. The van der Waals surface area contributed by atoms with E-state index in [9.17, 15) is 8.78 Å². The fraction of sp³-hybridized carbons (Fsp3) is 1.00. The molecule has 62 valence electrons. The van der Waals surface area contributed by atoms with Gasteiger partial charge in [0.1, 0.15) is 0 Å². The molecule has 0 saturated heterocycles. The van der Waals surface area contributed by atoms with Crippen LogP contribution in [0.1, 0.15) is 33.1 Å². The molecule has 0 aliphatic carbocycles. The summed E-state index contributed by atoms with van der Waals surface area (Å²) in [5, 5.41) is 0. The van der Waals surface area contributed by atoms with E-state index in [0.29, 0.717) is 6.42 Å². The maximum atomic E-state index is 12.6. The van der Waals surface area contributed by atoms with E-state index in [1.807, 2.05) is 0 Å². The molecule has 0 spiro atoms. The number of alkyl halides is 2. The van der Waals surface area contributed by atoms with Crippen LogP contribution in [0.5, 0.6) is 0 Å². The fourth-order valence-corrected chi connectivity index (χ4v) is 0.939. The summed E-state index contributed by atoms with van der Waals surface area (Å²) in [4.78, 5) is 0. The van der Waals surface area contributed by atoms with E-state index < -0.39 is 12.0 Å². The lowest BCUT2D eigenvalue weighted by molar-refractivity contribution is -0.0211. The van der Waals surface area contributed by atoms with E-state index >= 15 is 0 Å². The lowest BCUT2D eigenvalue weighted by Gasteiger charge is -2.16. The lowest BCUT2D eigenvalue weighted by Crippen LogP contribution is -2.27. The van der Waals surface area contributed by atoms with E-state index in [1.165, 1.54) is 0 Å². The van der Waals surface area contributed by atoms with Crippen LogP contribution in [0.4, 0.5) is 8.78 Å². The Morgan fingerprint density at radius 2 is 2.00 bits per heavy atom. The summed E-state index contributed by atoms with van der Waals surface area (Å²) < 4.78 is 25.2. The van der Waals surface area contributed by atoms with Crippen LogP contribution in [-0.2, 0) is 0 Å². The SMILES string of the molecule is CCCC(F)(F)CC(C)N. The van der Waals surface area contributed by atoms with Crippen LogP contribution in [0.2, 0.25) is 0 Å². The highest BCUT2D eigenvalue weighted by Crippen LogP contribution is 2.24. The molecule has 0 rings (SSSR count). The van der Waals surface area contributed by atoms with Crippen LogP contribution >= 0.6 is 0 Å². The molecule has 0 heterocycles. The second-order valence-corrected chi connectivity index (χ2v) is 2.79. The minimum absolute atomic E-state index is 0.0471. The maximum Gasteiger partial charge on any atom is 0.249 e. The first-order chi connectivity index (χ1) is 4.48. The average molecular weight is 151 g/mol. The summed E-state index contributed by atoms with van der Waals surface area (Å²) in [6, 6.07) is -0.401. The molecule has 0 bridgehead atoms. The van der Waals surface area contributed by atoms with Crippen LogP contribution < -0.4 is 5.73 Å². The van der Waals surface area contributed by atoms with Gasteiger partial charge in [0.15, 0.2) is 0 Å². The van der Waals surface area contributed by atoms with E-state index in [4.69, 9.17) is 5.73 Å². The Morgan fingerprint density at radius 1 is 1.50 bits per heavy atom. The molecule has 0 amide bonds. The Balaban J connectivity index is 3.63. The molecule has 0 radical (unpaired) electrons. The van der Waals surface area contributed by atoms with Gasteiger partial charge in [0.2, 0.25) is 5.92 Å². The molecular formula is C7H15F2N. The number of nitrogens with two attached hydrogens (primary N) is 1. The van der Waals surface area contributed by atoms with Crippen LogP contribution in [0.25, 0.3) is 0 Å². The van der Waals surface area contributed by atoms with Crippen LogP contribution in [0, 0.1) is 0 Å². The predicted molar refractivity (Wildman–Crippen MR) is 38.1 cm³/mol.